The van der Waals surface area contributed by atoms with Gasteiger partial charge in [0.25, 0.3) is 0 Å². The Morgan fingerprint density at radius 3 is 2.69 bits per heavy atom. The SMILES string of the molecule is C=C/N=C(\C=C/C)CN(Cc1ccccn1)Cc1ccc(CS[C@H]2CC[C@@H](CC(=O)O)OB2O)cn1. The van der Waals surface area contributed by atoms with Gasteiger partial charge in [-0.3, -0.25) is 24.7 Å². The summed E-state index contributed by atoms with van der Waals surface area (Å²) in [6, 6.07) is 9.98. The van der Waals surface area contributed by atoms with Crippen molar-refractivity contribution in [3.63, 3.8) is 0 Å². The highest BCUT2D eigenvalue weighted by atomic mass is 32.2. The molecule has 0 unspecified atom stereocenters. The van der Waals surface area contributed by atoms with Crippen molar-refractivity contribution in [2.75, 3.05) is 6.54 Å². The number of pyridine rings is 2. The molecule has 0 spiro atoms. The molecule has 2 aromatic heterocycles. The molecule has 0 radical (unpaired) electrons. The van der Waals surface area contributed by atoms with E-state index >= 15 is 0 Å². The van der Waals surface area contributed by atoms with Gasteiger partial charge in [-0.05, 0) is 49.6 Å². The fraction of sp³-hybridized carbons (Fsp3) is 0.385. The monoisotopic (exact) mass is 508 g/mol. The first-order valence-corrected chi connectivity index (χ1v) is 13.0. The van der Waals surface area contributed by atoms with Crippen LogP contribution in [0.4, 0.5) is 0 Å². The lowest BCUT2D eigenvalue weighted by molar-refractivity contribution is -0.139. The second-order valence-electron chi connectivity index (χ2n) is 8.60. The summed E-state index contributed by atoms with van der Waals surface area (Å²) >= 11 is 1.61. The summed E-state index contributed by atoms with van der Waals surface area (Å²) in [4.78, 5) is 26.6. The largest absolute Gasteiger partial charge is 0.481 e. The zero-order valence-corrected chi connectivity index (χ0v) is 21.4. The summed E-state index contributed by atoms with van der Waals surface area (Å²) < 4.78 is 5.48. The van der Waals surface area contributed by atoms with Gasteiger partial charge in [-0.2, -0.15) is 11.8 Å². The van der Waals surface area contributed by atoms with Crippen LogP contribution in [-0.2, 0) is 28.3 Å². The molecule has 2 aromatic rings. The Hall–Kier alpha value is -2.79. The molecule has 3 rings (SSSR count). The molecule has 0 saturated carbocycles. The van der Waals surface area contributed by atoms with E-state index in [2.05, 4.69) is 32.5 Å². The Bertz CT molecular complexity index is 1040. The van der Waals surface area contributed by atoms with Crippen LogP contribution in [0.15, 0.2) is 72.6 Å². The average Bonchev–Trinajstić information content (AvgIpc) is 2.85. The average molecular weight is 508 g/mol. The maximum Gasteiger partial charge on any atom is 0.468 e. The quantitative estimate of drug-likeness (QED) is 0.310. The van der Waals surface area contributed by atoms with Crippen molar-refractivity contribution < 1.29 is 19.6 Å². The molecule has 1 aliphatic rings. The molecule has 2 N–H and O–H groups in total. The first kappa shape index (κ1) is 27.8. The Morgan fingerprint density at radius 1 is 1.28 bits per heavy atom. The predicted octanol–water partition coefficient (Wildman–Crippen LogP) is 3.91. The van der Waals surface area contributed by atoms with Crippen molar-refractivity contribution in [1.29, 1.82) is 0 Å². The summed E-state index contributed by atoms with van der Waals surface area (Å²) in [5.74, 6) is -0.217. The normalized spacial score (nSPS) is 18.6. The minimum absolute atomic E-state index is 0.0765. The second-order valence-corrected chi connectivity index (χ2v) is 9.83. The summed E-state index contributed by atoms with van der Waals surface area (Å²) in [6.07, 6.45) is 10.0. The molecule has 36 heavy (non-hydrogen) atoms. The lowest BCUT2D eigenvalue weighted by Crippen LogP contribution is -2.42. The van der Waals surface area contributed by atoms with Gasteiger partial charge in [0.1, 0.15) is 0 Å². The molecule has 8 nitrogen and oxygen atoms in total. The van der Waals surface area contributed by atoms with Crippen LogP contribution in [0, 0.1) is 0 Å². The van der Waals surface area contributed by atoms with Crippen LogP contribution in [0.3, 0.4) is 0 Å². The maximum atomic E-state index is 10.9. The van der Waals surface area contributed by atoms with Crippen molar-refractivity contribution in [3.8, 4) is 0 Å². The zero-order valence-electron chi connectivity index (χ0n) is 20.6. The van der Waals surface area contributed by atoms with Gasteiger partial charge in [0, 0.05) is 49.1 Å². The number of carboxylic acids is 1. The minimum Gasteiger partial charge on any atom is -0.481 e. The number of thioether (sulfide) groups is 1. The third-order valence-corrected chi connectivity index (χ3v) is 7.07. The number of allylic oxidation sites excluding steroid dienone is 1. The number of carbonyl (C=O) groups is 1. The number of hydrogen-bond acceptors (Lipinski definition) is 8. The third-order valence-electron chi connectivity index (χ3n) is 5.67. The Balaban J connectivity index is 1.58. The van der Waals surface area contributed by atoms with Gasteiger partial charge in [-0.1, -0.05) is 24.8 Å². The van der Waals surface area contributed by atoms with Crippen LogP contribution in [0.25, 0.3) is 0 Å². The van der Waals surface area contributed by atoms with E-state index in [1.807, 2.05) is 49.5 Å². The van der Waals surface area contributed by atoms with E-state index in [-0.39, 0.29) is 11.6 Å². The number of carboxylic acid groups (broad SMARTS) is 1. The van der Waals surface area contributed by atoms with Crippen molar-refractivity contribution in [3.05, 3.63) is 84.6 Å². The van der Waals surface area contributed by atoms with E-state index in [4.69, 9.17) is 9.76 Å². The molecular formula is C26H33BN4O4S. The van der Waals surface area contributed by atoms with Crippen molar-refractivity contribution in [2.24, 2.45) is 4.99 Å². The van der Waals surface area contributed by atoms with Gasteiger partial charge in [0.2, 0.25) is 0 Å². The fourth-order valence-corrected chi connectivity index (χ4v) is 5.10. The third kappa shape index (κ3) is 9.35. The molecule has 10 heteroatoms. The summed E-state index contributed by atoms with van der Waals surface area (Å²) in [7, 11) is -0.955. The summed E-state index contributed by atoms with van der Waals surface area (Å²) in [5.41, 5.74) is 3.89. The first-order chi connectivity index (χ1) is 17.5. The van der Waals surface area contributed by atoms with Gasteiger partial charge in [-0.25, -0.2) is 0 Å². The van der Waals surface area contributed by atoms with E-state index in [1.165, 1.54) is 0 Å². The summed E-state index contributed by atoms with van der Waals surface area (Å²) in [5, 5.41) is 19.1. The van der Waals surface area contributed by atoms with Gasteiger partial charge < -0.3 is 14.8 Å². The lowest BCUT2D eigenvalue weighted by Gasteiger charge is -2.30. The molecule has 0 aliphatic carbocycles. The van der Waals surface area contributed by atoms with E-state index < -0.39 is 19.2 Å². The molecule has 1 saturated heterocycles. The minimum atomic E-state index is -0.955. The second kappa shape index (κ2) is 14.7. The van der Waals surface area contributed by atoms with Crippen LogP contribution in [0.1, 0.15) is 43.1 Å². The molecule has 0 amide bonds. The van der Waals surface area contributed by atoms with E-state index in [0.717, 1.165) is 29.1 Å². The van der Waals surface area contributed by atoms with Crippen LogP contribution < -0.4 is 0 Å². The Labute approximate surface area is 217 Å². The topological polar surface area (TPSA) is 108 Å². The number of nitrogens with zero attached hydrogens (tertiary/aromatic N) is 4. The van der Waals surface area contributed by atoms with Crippen LogP contribution in [-0.4, -0.2) is 61.6 Å². The van der Waals surface area contributed by atoms with E-state index in [0.29, 0.717) is 31.8 Å². The highest BCUT2D eigenvalue weighted by Gasteiger charge is 2.35. The molecule has 1 fully saturated rings. The van der Waals surface area contributed by atoms with Gasteiger partial charge in [0.15, 0.2) is 0 Å². The smallest absolute Gasteiger partial charge is 0.468 e. The highest BCUT2D eigenvalue weighted by Crippen LogP contribution is 2.29. The lowest BCUT2D eigenvalue weighted by atomic mass is 9.77. The van der Waals surface area contributed by atoms with Gasteiger partial charge >= 0.3 is 13.1 Å². The van der Waals surface area contributed by atoms with Crippen LogP contribution in [0.5, 0.6) is 0 Å². The number of aliphatic carboxylic acids is 1. The van der Waals surface area contributed by atoms with E-state index in [1.54, 1.807) is 24.2 Å². The molecular weight excluding hydrogens is 475 g/mol. The van der Waals surface area contributed by atoms with E-state index in [9.17, 15) is 9.82 Å². The van der Waals surface area contributed by atoms with Crippen molar-refractivity contribution in [2.45, 2.75) is 56.3 Å². The Kier molecular flexibility index (Phi) is 11.3. The van der Waals surface area contributed by atoms with Gasteiger partial charge in [0.05, 0.1) is 29.6 Å². The Morgan fingerprint density at radius 2 is 2.08 bits per heavy atom. The number of aliphatic imine (C=N–C) groups is 1. The van der Waals surface area contributed by atoms with Crippen LogP contribution >= 0.6 is 11.8 Å². The highest BCUT2D eigenvalue weighted by molar-refractivity contribution is 8.00. The van der Waals surface area contributed by atoms with Crippen molar-refractivity contribution >= 4 is 30.6 Å². The zero-order chi connectivity index (χ0) is 25.8. The van der Waals surface area contributed by atoms with Gasteiger partial charge in [-0.15, -0.1) is 0 Å². The predicted molar refractivity (Wildman–Crippen MR) is 144 cm³/mol. The molecule has 190 valence electrons. The maximum absolute atomic E-state index is 10.9. The summed E-state index contributed by atoms with van der Waals surface area (Å²) in [6.45, 7) is 7.62. The molecule has 0 aromatic carbocycles. The standard InChI is InChI=1S/C26H33BN4O4S/c1-3-7-21(28-4-2)16-31(17-22-8-5-6-13-29-22)18-23-10-9-20(15-30-23)19-36-25-12-11-24(14-26(32)33)35-27(25)34/h3-10,13,15,24-25,34H,2,11-12,14,16-19H2,1H3,(H,32,33)/b7-3-,28-21+/t24-,25-/m0/s1. The van der Waals surface area contributed by atoms with Crippen molar-refractivity contribution in [1.82, 2.24) is 14.9 Å². The number of aromatic nitrogens is 2. The fourth-order valence-electron chi connectivity index (χ4n) is 3.99. The van der Waals surface area contributed by atoms with Crippen LogP contribution in [0.2, 0.25) is 0 Å². The first-order valence-electron chi connectivity index (χ1n) is 12.0. The number of hydrogen-bond donors (Lipinski definition) is 2. The molecule has 1 aliphatic heterocycles. The number of rotatable bonds is 13. The molecule has 3 heterocycles. The molecule has 2 atom stereocenters. The molecule has 0 bridgehead atoms.